The summed E-state index contributed by atoms with van der Waals surface area (Å²) in [4.78, 5) is 17.7. The predicted octanol–water partition coefficient (Wildman–Crippen LogP) is 4.47. The van der Waals surface area contributed by atoms with Gasteiger partial charge >= 0.3 is 0 Å². The number of hydrogen-bond donors (Lipinski definition) is 0. The smallest absolute Gasteiger partial charge is 0.183 e. The molecule has 118 valence electrons. The topological polar surface area (TPSA) is 29.4 Å². The minimum absolute atomic E-state index is 0.0436. The maximum absolute atomic E-state index is 12.8. The Kier molecular flexibility index (Phi) is 2.21. The number of nitrogens with zero attached hydrogens (tertiary/aromatic N) is 1. The molecule has 2 heteroatoms. The third-order valence-corrected chi connectivity index (χ3v) is 5.97. The van der Waals surface area contributed by atoms with Gasteiger partial charge in [0.05, 0.1) is 16.8 Å². The van der Waals surface area contributed by atoms with Gasteiger partial charge in [-0.15, -0.1) is 0 Å². The molecule has 0 fully saturated rings. The normalized spacial score (nSPS) is 27.0. The first-order valence-corrected chi connectivity index (χ1v) is 8.66. The number of benzene rings is 2. The Hall–Kier alpha value is -3.00. The first-order valence-electron chi connectivity index (χ1n) is 8.66. The van der Waals surface area contributed by atoms with E-state index in [4.69, 9.17) is 4.99 Å². The van der Waals surface area contributed by atoms with Gasteiger partial charge in [-0.3, -0.25) is 4.79 Å². The van der Waals surface area contributed by atoms with E-state index in [-0.39, 0.29) is 17.1 Å². The molecule has 4 aliphatic carbocycles. The highest BCUT2D eigenvalue weighted by Gasteiger charge is 2.53. The van der Waals surface area contributed by atoms with Crippen LogP contribution in [0.25, 0.3) is 0 Å². The molecule has 2 aromatic rings. The Bertz CT molecular complexity index is 1130. The molecule has 0 aromatic heterocycles. The van der Waals surface area contributed by atoms with E-state index in [1.165, 1.54) is 22.3 Å². The van der Waals surface area contributed by atoms with Gasteiger partial charge in [-0.05, 0) is 41.8 Å². The molecule has 7 rings (SSSR count). The highest BCUT2D eigenvalue weighted by Crippen LogP contribution is 2.60. The summed E-state index contributed by atoms with van der Waals surface area (Å²) in [6.45, 7) is 2.11. The SMILES string of the molecule is Cc1ccc2c(c1)[C@]13C=C[C@H](C4=C1C(=N2)C=CC4=O)c1ccccc13. The lowest BCUT2D eigenvalue weighted by Gasteiger charge is -2.49. The molecule has 0 amide bonds. The van der Waals surface area contributed by atoms with E-state index in [0.29, 0.717) is 0 Å². The van der Waals surface area contributed by atoms with Crippen LogP contribution in [-0.2, 0) is 10.2 Å². The van der Waals surface area contributed by atoms with Crippen LogP contribution >= 0.6 is 0 Å². The summed E-state index contributed by atoms with van der Waals surface area (Å²) in [7, 11) is 0. The number of allylic oxidation sites excluding steroid dienone is 6. The molecule has 1 aliphatic heterocycles. The first kappa shape index (κ1) is 13.3. The minimum atomic E-state index is -0.389. The lowest BCUT2D eigenvalue weighted by molar-refractivity contribution is -0.111. The highest BCUT2D eigenvalue weighted by molar-refractivity contribution is 6.27. The molecule has 2 aromatic carbocycles. The summed E-state index contributed by atoms with van der Waals surface area (Å²) in [5.41, 5.74) is 8.51. The summed E-state index contributed by atoms with van der Waals surface area (Å²) >= 11 is 0. The largest absolute Gasteiger partial charge is 0.290 e. The van der Waals surface area contributed by atoms with Crippen LogP contribution in [0, 0.1) is 6.92 Å². The van der Waals surface area contributed by atoms with Gasteiger partial charge in [0.15, 0.2) is 5.78 Å². The number of carbonyl (C=O) groups excluding carboxylic acids is 1. The van der Waals surface area contributed by atoms with Crippen LogP contribution in [0.2, 0.25) is 0 Å². The van der Waals surface area contributed by atoms with Gasteiger partial charge in [-0.25, -0.2) is 4.99 Å². The van der Waals surface area contributed by atoms with E-state index in [1.54, 1.807) is 6.08 Å². The summed E-state index contributed by atoms with van der Waals surface area (Å²) < 4.78 is 0. The molecule has 0 saturated carbocycles. The van der Waals surface area contributed by atoms with Crippen molar-refractivity contribution in [1.82, 2.24) is 0 Å². The lowest BCUT2D eigenvalue weighted by Crippen LogP contribution is -2.44. The fourth-order valence-electron chi connectivity index (χ4n) is 5.00. The van der Waals surface area contributed by atoms with Crippen LogP contribution < -0.4 is 0 Å². The molecule has 25 heavy (non-hydrogen) atoms. The van der Waals surface area contributed by atoms with Crippen molar-refractivity contribution in [3.05, 3.63) is 100 Å². The van der Waals surface area contributed by atoms with Gasteiger partial charge < -0.3 is 0 Å². The van der Waals surface area contributed by atoms with E-state index in [2.05, 4.69) is 61.5 Å². The van der Waals surface area contributed by atoms with Crippen LogP contribution in [0.5, 0.6) is 0 Å². The molecule has 1 spiro atoms. The number of carbonyl (C=O) groups is 1. The second kappa shape index (κ2) is 4.15. The summed E-state index contributed by atoms with van der Waals surface area (Å²) in [5.74, 6) is 0.167. The Labute approximate surface area is 145 Å². The maximum Gasteiger partial charge on any atom is 0.183 e. The second-order valence-corrected chi connectivity index (χ2v) is 7.24. The third kappa shape index (κ3) is 1.38. The molecular formula is C23H15NO. The van der Waals surface area contributed by atoms with Gasteiger partial charge in [0.1, 0.15) is 0 Å². The van der Waals surface area contributed by atoms with Gasteiger partial charge in [-0.1, -0.05) is 54.1 Å². The van der Waals surface area contributed by atoms with E-state index in [1.807, 2.05) is 6.08 Å². The standard InChI is InChI=1S/C23H15NO/c1-13-6-7-18-17(12-13)23-11-10-15(14-4-2-3-5-16(14)23)21-20(25)9-8-19(24-18)22(21)23/h2-12,15H,1H3/t15-,23+/m0/s1. The van der Waals surface area contributed by atoms with Gasteiger partial charge in [-0.2, -0.15) is 0 Å². The van der Waals surface area contributed by atoms with Crippen molar-refractivity contribution < 1.29 is 4.79 Å². The van der Waals surface area contributed by atoms with Crippen molar-refractivity contribution >= 4 is 17.2 Å². The number of fused-ring (bicyclic) bond motifs is 1. The number of rotatable bonds is 0. The molecule has 5 aliphatic rings. The molecule has 2 nitrogen and oxygen atoms in total. The van der Waals surface area contributed by atoms with Crippen LogP contribution in [0.1, 0.15) is 28.2 Å². The average Bonchev–Trinajstić information content (AvgIpc) is 2.65. The zero-order valence-corrected chi connectivity index (χ0v) is 13.8. The lowest BCUT2D eigenvalue weighted by atomic mass is 9.53. The van der Waals surface area contributed by atoms with Crippen LogP contribution in [0.4, 0.5) is 5.69 Å². The van der Waals surface area contributed by atoms with Crippen LogP contribution in [0.15, 0.2) is 82.9 Å². The fraction of sp³-hybridized carbons (Fsp3) is 0.130. The molecule has 0 saturated heterocycles. The van der Waals surface area contributed by atoms with E-state index in [0.717, 1.165) is 22.5 Å². The zero-order chi connectivity index (χ0) is 16.8. The van der Waals surface area contributed by atoms with Gasteiger partial charge in [0, 0.05) is 17.1 Å². The quantitative estimate of drug-likeness (QED) is 0.520. The van der Waals surface area contributed by atoms with Gasteiger partial charge in [0.2, 0.25) is 0 Å². The van der Waals surface area contributed by atoms with E-state index in [9.17, 15) is 4.79 Å². The molecule has 2 atom stereocenters. The van der Waals surface area contributed by atoms with E-state index < -0.39 is 0 Å². The molecule has 2 bridgehead atoms. The molecule has 0 radical (unpaired) electrons. The van der Waals surface area contributed by atoms with Crippen LogP contribution in [-0.4, -0.2) is 11.5 Å². The third-order valence-electron chi connectivity index (χ3n) is 5.97. The summed E-state index contributed by atoms with van der Waals surface area (Å²) in [6, 6.07) is 15.0. The first-order chi connectivity index (χ1) is 12.2. The van der Waals surface area contributed by atoms with Crippen molar-refractivity contribution in [2.45, 2.75) is 18.3 Å². The zero-order valence-electron chi connectivity index (χ0n) is 13.8. The number of aliphatic imine (C=N–C) groups is 1. The van der Waals surface area contributed by atoms with Crippen molar-refractivity contribution in [2.75, 3.05) is 0 Å². The van der Waals surface area contributed by atoms with Crippen molar-refractivity contribution in [1.29, 1.82) is 0 Å². The minimum Gasteiger partial charge on any atom is -0.290 e. The molecule has 0 unspecified atom stereocenters. The monoisotopic (exact) mass is 321 g/mol. The number of hydrogen-bond acceptors (Lipinski definition) is 2. The number of ketones is 1. The molecular weight excluding hydrogens is 306 g/mol. The maximum atomic E-state index is 12.8. The van der Waals surface area contributed by atoms with Gasteiger partial charge in [0.25, 0.3) is 0 Å². The fourth-order valence-corrected chi connectivity index (χ4v) is 5.00. The van der Waals surface area contributed by atoms with Crippen molar-refractivity contribution in [3.8, 4) is 0 Å². The Balaban J connectivity index is 1.85. The average molecular weight is 321 g/mol. The molecule has 0 N–H and O–H groups in total. The van der Waals surface area contributed by atoms with Crippen molar-refractivity contribution in [3.63, 3.8) is 0 Å². The van der Waals surface area contributed by atoms with Crippen molar-refractivity contribution in [2.24, 2.45) is 4.99 Å². The Morgan fingerprint density at radius 1 is 1.04 bits per heavy atom. The highest BCUT2D eigenvalue weighted by atomic mass is 16.1. The Morgan fingerprint density at radius 3 is 2.84 bits per heavy atom. The number of aryl methyl sites for hydroxylation is 1. The summed E-state index contributed by atoms with van der Waals surface area (Å²) in [5, 5.41) is 0. The predicted molar refractivity (Wildman–Crippen MR) is 98.5 cm³/mol. The second-order valence-electron chi connectivity index (χ2n) is 7.24. The van der Waals surface area contributed by atoms with Crippen LogP contribution in [0.3, 0.4) is 0 Å². The Morgan fingerprint density at radius 2 is 1.92 bits per heavy atom. The van der Waals surface area contributed by atoms with E-state index >= 15 is 0 Å². The summed E-state index contributed by atoms with van der Waals surface area (Å²) in [6.07, 6.45) is 8.09. The molecule has 1 heterocycles.